The van der Waals surface area contributed by atoms with Crippen molar-refractivity contribution in [2.45, 2.75) is 19.1 Å². The number of rotatable bonds is 5. The van der Waals surface area contributed by atoms with E-state index in [4.69, 9.17) is 11.6 Å². The summed E-state index contributed by atoms with van der Waals surface area (Å²) in [4.78, 5) is 16.0. The first-order valence-corrected chi connectivity index (χ1v) is 7.62. The summed E-state index contributed by atoms with van der Waals surface area (Å²) in [5.41, 5.74) is 1.29. The van der Waals surface area contributed by atoms with E-state index in [0.717, 1.165) is 11.4 Å². The standard InChI is InChI=1S/C13H15ClN4OS/c1-3-20-9(2)13(19)16-11-8-18(17-12(11)14)10-5-4-6-15-7-10/h4-9H,3H2,1-2H3,(H,16,19)/t9-/m0/s1. The molecule has 2 heterocycles. The Bertz CT molecular complexity index is 587. The van der Waals surface area contributed by atoms with Crippen LogP contribution in [0, 0.1) is 0 Å². The van der Waals surface area contributed by atoms with Crippen LogP contribution in [0.5, 0.6) is 0 Å². The number of hydrogen-bond acceptors (Lipinski definition) is 4. The summed E-state index contributed by atoms with van der Waals surface area (Å²) in [6.45, 7) is 3.88. The Morgan fingerprint density at radius 1 is 1.60 bits per heavy atom. The fraction of sp³-hybridized carbons (Fsp3) is 0.308. The van der Waals surface area contributed by atoms with Crippen LogP contribution >= 0.6 is 23.4 Å². The van der Waals surface area contributed by atoms with Crippen LogP contribution < -0.4 is 5.32 Å². The molecule has 5 nitrogen and oxygen atoms in total. The lowest BCUT2D eigenvalue weighted by Gasteiger charge is -2.09. The molecule has 0 unspecified atom stereocenters. The van der Waals surface area contributed by atoms with Gasteiger partial charge in [0.05, 0.1) is 29.0 Å². The van der Waals surface area contributed by atoms with Crippen LogP contribution in [0.1, 0.15) is 13.8 Å². The molecule has 0 saturated heterocycles. The van der Waals surface area contributed by atoms with E-state index in [0.29, 0.717) is 5.69 Å². The zero-order valence-electron chi connectivity index (χ0n) is 11.2. The van der Waals surface area contributed by atoms with Crippen molar-refractivity contribution in [1.29, 1.82) is 0 Å². The zero-order chi connectivity index (χ0) is 14.5. The number of nitrogens with zero attached hydrogens (tertiary/aromatic N) is 3. The summed E-state index contributed by atoms with van der Waals surface area (Å²) in [5, 5.41) is 7.08. The van der Waals surface area contributed by atoms with Crippen molar-refractivity contribution in [1.82, 2.24) is 14.8 Å². The van der Waals surface area contributed by atoms with Crippen molar-refractivity contribution in [3.05, 3.63) is 35.9 Å². The molecule has 0 aliphatic carbocycles. The van der Waals surface area contributed by atoms with Gasteiger partial charge in [-0.05, 0) is 24.8 Å². The predicted molar refractivity (Wildman–Crippen MR) is 82.6 cm³/mol. The minimum atomic E-state index is -0.127. The van der Waals surface area contributed by atoms with Gasteiger partial charge >= 0.3 is 0 Å². The van der Waals surface area contributed by atoms with Crippen LogP contribution in [0.15, 0.2) is 30.7 Å². The van der Waals surface area contributed by atoms with Gasteiger partial charge in [0.2, 0.25) is 5.91 Å². The van der Waals surface area contributed by atoms with Gasteiger partial charge in [0.25, 0.3) is 0 Å². The molecule has 106 valence electrons. The second-order valence-electron chi connectivity index (χ2n) is 4.08. The number of halogens is 1. The van der Waals surface area contributed by atoms with E-state index in [1.807, 2.05) is 26.0 Å². The van der Waals surface area contributed by atoms with Crippen molar-refractivity contribution >= 4 is 35.0 Å². The monoisotopic (exact) mass is 310 g/mol. The molecule has 0 saturated carbocycles. The van der Waals surface area contributed by atoms with Gasteiger partial charge in [0, 0.05) is 6.20 Å². The molecule has 2 aromatic rings. The molecular formula is C13H15ClN4OS. The van der Waals surface area contributed by atoms with E-state index in [2.05, 4.69) is 15.4 Å². The molecule has 0 aromatic carbocycles. The van der Waals surface area contributed by atoms with Gasteiger partial charge in [-0.3, -0.25) is 9.78 Å². The van der Waals surface area contributed by atoms with Gasteiger partial charge in [-0.1, -0.05) is 18.5 Å². The molecule has 7 heteroatoms. The number of amides is 1. The minimum Gasteiger partial charge on any atom is -0.321 e. The molecule has 1 atom stereocenters. The Labute approximate surface area is 126 Å². The Morgan fingerprint density at radius 2 is 2.40 bits per heavy atom. The van der Waals surface area contributed by atoms with Gasteiger partial charge in [-0.2, -0.15) is 5.10 Å². The lowest BCUT2D eigenvalue weighted by atomic mass is 10.4. The first-order valence-electron chi connectivity index (χ1n) is 6.20. The molecule has 0 radical (unpaired) electrons. The molecule has 2 aromatic heterocycles. The average Bonchev–Trinajstić information content (AvgIpc) is 2.81. The van der Waals surface area contributed by atoms with Crippen LogP contribution in [0.4, 0.5) is 5.69 Å². The van der Waals surface area contributed by atoms with Crippen LogP contribution in [0.25, 0.3) is 5.69 Å². The van der Waals surface area contributed by atoms with Gasteiger partial charge in [-0.15, -0.1) is 11.8 Å². The largest absolute Gasteiger partial charge is 0.321 e. The Kier molecular flexibility index (Phi) is 5.03. The molecular weight excluding hydrogens is 296 g/mol. The summed E-state index contributed by atoms with van der Waals surface area (Å²) < 4.78 is 1.59. The van der Waals surface area contributed by atoms with Gasteiger partial charge in [0.1, 0.15) is 0 Å². The third-order valence-electron chi connectivity index (χ3n) is 2.62. The van der Waals surface area contributed by atoms with Crippen LogP contribution in [0.2, 0.25) is 5.15 Å². The lowest BCUT2D eigenvalue weighted by molar-refractivity contribution is -0.115. The summed E-state index contributed by atoms with van der Waals surface area (Å²) in [7, 11) is 0. The second-order valence-corrected chi connectivity index (χ2v) is 6.05. The summed E-state index contributed by atoms with van der Waals surface area (Å²) >= 11 is 7.62. The Morgan fingerprint density at radius 3 is 3.05 bits per heavy atom. The first kappa shape index (κ1) is 14.9. The average molecular weight is 311 g/mol. The van der Waals surface area contributed by atoms with Crippen molar-refractivity contribution in [2.24, 2.45) is 0 Å². The summed E-state index contributed by atoms with van der Waals surface area (Å²) in [5.74, 6) is 0.807. The molecule has 1 N–H and O–H groups in total. The van der Waals surface area contributed by atoms with Crippen molar-refractivity contribution in [3.63, 3.8) is 0 Å². The van der Waals surface area contributed by atoms with E-state index >= 15 is 0 Å². The number of nitrogens with one attached hydrogen (secondary N) is 1. The highest BCUT2D eigenvalue weighted by Gasteiger charge is 2.16. The quantitative estimate of drug-likeness (QED) is 0.922. The molecule has 2 rings (SSSR count). The van der Waals surface area contributed by atoms with Crippen molar-refractivity contribution < 1.29 is 4.79 Å². The van der Waals surface area contributed by atoms with Gasteiger partial charge in [0.15, 0.2) is 5.15 Å². The fourth-order valence-corrected chi connectivity index (χ4v) is 2.51. The lowest BCUT2D eigenvalue weighted by Crippen LogP contribution is -2.22. The molecule has 0 fully saturated rings. The van der Waals surface area contributed by atoms with Crippen molar-refractivity contribution in [2.75, 3.05) is 11.1 Å². The van der Waals surface area contributed by atoms with E-state index in [9.17, 15) is 4.79 Å². The minimum absolute atomic E-state index is 0.0792. The molecule has 1 amide bonds. The maximum absolute atomic E-state index is 12.0. The smallest absolute Gasteiger partial charge is 0.237 e. The summed E-state index contributed by atoms with van der Waals surface area (Å²) in [6.07, 6.45) is 5.03. The highest BCUT2D eigenvalue weighted by Crippen LogP contribution is 2.23. The van der Waals surface area contributed by atoms with Gasteiger partial charge in [-0.25, -0.2) is 4.68 Å². The van der Waals surface area contributed by atoms with E-state index in [-0.39, 0.29) is 16.3 Å². The normalized spacial score (nSPS) is 12.2. The number of carbonyl (C=O) groups is 1. The van der Waals surface area contributed by atoms with Crippen molar-refractivity contribution in [3.8, 4) is 5.69 Å². The third-order valence-corrected chi connectivity index (χ3v) is 3.95. The third kappa shape index (κ3) is 3.52. The molecule has 0 aliphatic heterocycles. The highest BCUT2D eigenvalue weighted by atomic mass is 35.5. The van der Waals surface area contributed by atoms with Crippen LogP contribution in [-0.2, 0) is 4.79 Å². The number of anilines is 1. The Hall–Kier alpha value is -1.53. The van der Waals surface area contributed by atoms with Crippen LogP contribution in [-0.4, -0.2) is 31.7 Å². The molecule has 0 bridgehead atoms. The van der Waals surface area contributed by atoms with E-state index in [1.54, 1.807) is 35.0 Å². The number of thioether (sulfide) groups is 1. The Balaban J connectivity index is 2.14. The number of carbonyl (C=O) groups excluding carboxylic acids is 1. The SMILES string of the molecule is CCS[C@@H](C)C(=O)Nc1cn(-c2cccnc2)nc1Cl. The van der Waals surface area contributed by atoms with E-state index in [1.165, 1.54) is 0 Å². The number of hydrogen-bond donors (Lipinski definition) is 1. The first-order chi connectivity index (χ1) is 9.61. The maximum atomic E-state index is 12.0. The maximum Gasteiger partial charge on any atom is 0.237 e. The van der Waals surface area contributed by atoms with E-state index < -0.39 is 0 Å². The molecule has 20 heavy (non-hydrogen) atoms. The summed E-state index contributed by atoms with van der Waals surface area (Å²) in [6, 6.07) is 3.67. The predicted octanol–water partition coefficient (Wildman–Crippen LogP) is 3.00. The van der Waals surface area contributed by atoms with Gasteiger partial charge < -0.3 is 5.32 Å². The van der Waals surface area contributed by atoms with Crippen LogP contribution in [0.3, 0.4) is 0 Å². The highest BCUT2D eigenvalue weighted by molar-refractivity contribution is 8.00. The number of pyridine rings is 1. The second kappa shape index (κ2) is 6.76. The molecule has 0 aliphatic rings. The fourth-order valence-electron chi connectivity index (χ4n) is 1.62. The zero-order valence-corrected chi connectivity index (χ0v) is 12.8. The topological polar surface area (TPSA) is 59.8 Å². The number of aromatic nitrogens is 3. The molecule has 0 spiro atoms.